The number of ether oxygens (including phenoxy) is 2. The third-order valence-corrected chi connectivity index (χ3v) is 4.27. The van der Waals surface area contributed by atoms with E-state index in [9.17, 15) is 4.79 Å². The second kappa shape index (κ2) is 9.47. The summed E-state index contributed by atoms with van der Waals surface area (Å²) in [6.07, 6.45) is 1.10. The number of hydrogen-bond donors (Lipinski definition) is 0. The van der Waals surface area contributed by atoms with Gasteiger partial charge in [-0.15, -0.1) is 0 Å². The largest absolute Gasteiger partial charge is 0.493 e. The van der Waals surface area contributed by atoms with Crippen molar-refractivity contribution in [3.8, 4) is 17.6 Å². The van der Waals surface area contributed by atoms with Crippen molar-refractivity contribution >= 4 is 5.91 Å². The molecule has 0 saturated heterocycles. The fourth-order valence-electron chi connectivity index (χ4n) is 2.73. The number of hydrogen-bond acceptors (Lipinski definition) is 4. The molecule has 5 nitrogen and oxygen atoms in total. The summed E-state index contributed by atoms with van der Waals surface area (Å²) < 4.78 is 10.6. The van der Waals surface area contributed by atoms with Gasteiger partial charge in [-0.2, -0.15) is 5.26 Å². The molecule has 0 unspecified atom stereocenters. The molecule has 0 saturated carbocycles. The van der Waals surface area contributed by atoms with E-state index >= 15 is 0 Å². The zero-order valence-electron chi connectivity index (χ0n) is 15.5. The number of carbonyl (C=O) groups is 1. The van der Waals surface area contributed by atoms with Crippen LogP contribution in [0.15, 0.2) is 42.5 Å². The second-order valence-electron chi connectivity index (χ2n) is 5.91. The van der Waals surface area contributed by atoms with Crippen LogP contribution in [-0.4, -0.2) is 31.6 Å². The number of rotatable bonds is 8. The molecule has 0 fully saturated rings. The van der Waals surface area contributed by atoms with Crippen LogP contribution >= 0.6 is 0 Å². The highest BCUT2D eigenvalue weighted by molar-refractivity contribution is 5.76. The van der Waals surface area contributed by atoms with E-state index in [-0.39, 0.29) is 5.91 Å². The van der Waals surface area contributed by atoms with Crippen LogP contribution < -0.4 is 9.47 Å². The Labute approximate surface area is 154 Å². The van der Waals surface area contributed by atoms with Crippen molar-refractivity contribution in [3.63, 3.8) is 0 Å². The van der Waals surface area contributed by atoms with Crippen molar-refractivity contribution in [1.82, 2.24) is 4.90 Å². The molecule has 0 atom stereocenters. The van der Waals surface area contributed by atoms with Crippen LogP contribution in [0.4, 0.5) is 0 Å². The molecule has 0 heterocycles. The highest BCUT2D eigenvalue weighted by Crippen LogP contribution is 2.28. The lowest BCUT2D eigenvalue weighted by atomic mass is 10.1. The van der Waals surface area contributed by atoms with Crippen LogP contribution in [0.25, 0.3) is 0 Å². The molecule has 0 bridgehead atoms. The minimum atomic E-state index is 0.103. The molecule has 0 N–H and O–H groups in total. The lowest BCUT2D eigenvalue weighted by molar-refractivity contribution is -0.131. The Balaban J connectivity index is 1.98. The Bertz CT molecular complexity index is 779. The SMILES string of the molecule is CCN(Cc1ccc(OC)c(OC)c1)C(=O)CCc1ccc(C#N)cc1. The zero-order chi connectivity index (χ0) is 18.9. The molecule has 0 aromatic heterocycles. The molecule has 1 amide bonds. The molecule has 26 heavy (non-hydrogen) atoms. The van der Waals surface area contributed by atoms with Crippen molar-refractivity contribution in [1.29, 1.82) is 5.26 Å². The topological polar surface area (TPSA) is 62.6 Å². The summed E-state index contributed by atoms with van der Waals surface area (Å²) in [5.74, 6) is 1.43. The number of nitriles is 1. The number of benzene rings is 2. The summed E-state index contributed by atoms with van der Waals surface area (Å²) in [5, 5.41) is 8.83. The molecule has 0 radical (unpaired) electrons. The summed E-state index contributed by atoms with van der Waals surface area (Å²) in [7, 11) is 3.20. The Morgan fingerprint density at radius 3 is 2.27 bits per heavy atom. The van der Waals surface area contributed by atoms with Crippen molar-refractivity contribution in [3.05, 3.63) is 59.2 Å². The first-order valence-electron chi connectivity index (χ1n) is 8.59. The van der Waals surface area contributed by atoms with Gasteiger partial charge in [0.1, 0.15) is 0 Å². The van der Waals surface area contributed by atoms with Crippen LogP contribution in [0.3, 0.4) is 0 Å². The number of aryl methyl sites for hydroxylation is 1. The number of carbonyl (C=O) groups excluding carboxylic acids is 1. The van der Waals surface area contributed by atoms with E-state index in [4.69, 9.17) is 14.7 Å². The van der Waals surface area contributed by atoms with Crippen molar-refractivity contribution in [2.45, 2.75) is 26.3 Å². The maximum absolute atomic E-state index is 12.6. The normalized spacial score (nSPS) is 10.1. The van der Waals surface area contributed by atoms with Gasteiger partial charge in [0.2, 0.25) is 5.91 Å². The van der Waals surface area contributed by atoms with Gasteiger partial charge in [-0.05, 0) is 48.7 Å². The standard InChI is InChI=1S/C21H24N2O3/c1-4-23(15-18-9-11-19(25-2)20(13-18)26-3)21(24)12-10-16-5-7-17(14-22)8-6-16/h5-9,11,13H,4,10,12,15H2,1-3H3. The van der Waals surface area contributed by atoms with Gasteiger partial charge >= 0.3 is 0 Å². The monoisotopic (exact) mass is 352 g/mol. The number of methoxy groups -OCH3 is 2. The Kier molecular flexibility index (Phi) is 7.04. The molecule has 2 aromatic rings. The first-order chi connectivity index (χ1) is 12.6. The number of nitrogens with zero attached hydrogens (tertiary/aromatic N) is 2. The Hall–Kier alpha value is -3.00. The molecule has 0 aliphatic heterocycles. The van der Waals surface area contributed by atoms with E-state index in [0.29, 0.717) is 43.0 Å². The second-order valence-corrected chi connectivity index (χ2v) is 5.91. The third kappa shape index (κ3) is 5.00. The van der Waals surface area contributed by atoms with Gasteiger partial charge in [-0.25, -0.2) is 0 Å². The summed E-state index contributed by atoms with van der Waals surface area (Å²) in [4.78, 5) is 14.4. The molecule has 136 valence electrons. The maximum Gasteiger partial charge on any atom is 0.223 e. The first-order valence-corrected chi connectivity index (χ1v) is 8.59. The fraction of sp³-hybridized carbons (Fsp3) is 0.333. The van der Waals surface area contributed by atoms with Gasteiger partial charge in [0.15, 0.2) is 11.5 Å². The highest BCUT2D eigenvalue weighted by atomic mass is 16.5. The summed E-state index contributed by atoms with van der Waals surface area (Å²) in [6, 6.07) is 15.1. The quantitative estimate of drug-likeness (QED) is 0.729. The summed E-state index contributed by atoms with van der Waals surface area (Å²) in [6.45, 7) is 3.14. The van der Waals surface area contributed by atoms with E-state index in [2.05, 4.69) is 6.07 Å². The highest BCUT2D eigenvalue weighted by Gasteiger charge is 2.14. The predicted octanol–water partition coefficient (Wildman–Crippen LogP) is 3.56. The van der Waals surface area contributed by atoms with Crippen molar-refractivity contribution < 1.29 is 14.3 Å². The molecule has 2 aromatic carbocycles. The van der Waals surface area contributed by atoms with Gasteiger partial charge in [0, 0.05) is 19.5 Å². The minimum Gasteiger partial charge on any atom is -0.493 e. The molecule has 0 spiro atoms. The average molecular weight is 352 g/mol. The minimum absolute atomic E-state index is 0.103. The lowest BCUT2D eigenvalue weighted by Crippen LogP contribution is -2.30. The van der Waals surface area contributed by atoms with Crippen LogP contribution in [0, 0.1) is 11.3 Å². The first kappa shape index (κ1) is 19.3. The van der Waals surface area contributed by atoms with Gasteiger partial charge in [0.05, 0.1) is 25.9 Å². The third-order valence-electron chi connectivity index (χ3n) is 4.27. The van der Waals surface area contributed by atoms with Gasteiger partial charge in [-0.1, -0.05) is 18.2 Å². The van der Waals surface area contributed by atoms with E-state index in [1.54, 1.807) is 26.4 Å². The smallest absolute Gasteiger partial charge is 0.223 e. The molecular weight excluding hydrogens is 328 g/mol. The van der Waals surface area contributed by atoms with Crippen LogP contribution in [-0.2, 0) is 17.8 Å². The fourth-order valence-corrected chi connectivity index (χ4v) is 2.73. The molecule has 5 heteroatoms. The van der Waals surface area contributed by atoms with Crippen molar-refractivity contribution in [2.24, 2.45) is 0 Å². The summed E-state index contributed by atoms with van der Waals surface area (Å²) >= 11 is 0. The Morgan fingerprint density at radius 2 is 1.69 bits per heavy atom. The molecule has 0 aliphatic rings. The van der Waals surface area contributed by atoms with Crippen molar-refractivity contribution in [2.75, 3.05) is 20.8 Å². The van der Waals surface area contributed by atoms with Crippen LogP contribution in [0.2, 0.25) is 0 Å². The van der Waals surface area contributed by atoms with E-state index < -0.39 is 0 Å². The summed E-state index contributed by atoms with van der Waals surface area (Å²) in [5.41, 5.74) is 2.68. The lowest BCUT2D eigenvalue weighted by Gasteiger charge is -2.21. The van der Waals surface area contributed by atoms with E-state index in [1.807, 2.05) is 42.2 Å². The van der Waals surface area contributed by atoms with Gasteiger partial charge in [-0.3, -0.25) is 4.79 Å². The zero-order valence-corrected chi connectivity index (χ0v) is 15.5. The average Bonchev–Trinajstić information content (AvgIpc) is 2.70. The molecule has 0 aliphatic carbocycles. The molecular formula is C21H24N2O3. The Morgan fingerprint density at radius 1 is 1.04 bits per heavy atom. The van der Waals surface area contributed by atoms with E-state index in [0.717, 1.165) is 11.1 Å². The van der Waals surface area contributed by atoms with Crippen LogP contribution in [0.5, 0.6) is 11.5 Å². The van der Waals surface area contributed by atoms with Gasteiger partial charge in [0.25, 0.3) is 0 Å². The van der Waals surface area contributed by atoms with Gasteiger partial charge < -0.3 is 14.4 Å². The predicted molar refractivity (Wildman–Crippen MR) is 100 cm³/mol. The van der Waals surface area contributed by atoms with E-state index in [1.165, 1.54) is 0 Å². The number of amides is 1. The molecule has 2 rings (SSSR count). The maximum atomic E-state index is 12.6. The van der Waals surface area contributed by atoms with Crippen LogP contribution in [0.1, 0.15) is 30.0 Å².